The lowest BCUT2D eigenvalue weighted by molar-refractivity contribution is -0.114. The predicted octanol–water partition coefficient (Wildman–Crippen LogP) is 1.80. The third-order valence-electron chi connectivity index (χ3n) is 3.04. The van der Waals surface area contributed by atoms with Crippen LogP contribution in [0.25, 0.3) is 0 Å². The molecular formula is C15H15N3O5S. The van der Waals surface area contributed by atoms with Gasteiger partial charge in [-0.15, -0.1) is 5.10 Å². The van der Waals surface area contributed by atoms with Gasteiger partial charge in [0.05, 0.1) is 11.4 Å². The summed E-state index contributed by atoms with van der Waals surface area (Å²) in [5.74, 6) is -1.67. The lowest BCUT2D eigenvalue weighted by Gasteiger charge is -2.08. The molecule has 0 unspecified atom stereocenters. The third kappa shape index (κ3) is 4.13. The first-order valence-corrected chi connectivity index (χ1v) is 7.81. The molecule has 24 heavy (non-hydrogen) atoms. The molecule has 1 aromatic carbocycles. The van der Waals surface area contributed by atoms with Crippen LogP contribution < -0.4 is 5.32 Å². The molecule has 0 aliphatic heterocycles. The number of carbonyl (C=O) groups is 3. The topological polar surface area (TPSA) is 118 Å². The van der Waals surface area contributed by atoms with Gasteiger partial charge in [-0.1, -0.05) is 11.4 Å². The van der Waals surface area contributed by atoms with Crippen molar-refractivity contribution in [3.05, 3.63) is 34.3 Å². The third-order valence-corrected chi connectivity index (χ3v) is 3.79. The zero-order valence-electron chi connectivity index (χ0n) is 13.0. The molecule has 0 aliphatic carbocycles. The minimum Gasteiger partial charge on any atom is -0.506 e. The summed E-state index contributed by atoms with van der Waals surface area (Å²) in [6, 6.07) is 3.98. The molecule has 126 valence electrons. The summed E-state index contributed by atoms with van der Waals surface area (Å²) in [6.45, 7) is 2.65. The number of hydrogen-bond donors (Lipinski definition) is 2. The van der Waals surface area contributed by atoms with Gasteiger partial charge in [-0.2, -0.15) is 0 Å². The molecule has 1 heterocycles. The normalized spacial score (nSPS) is 10.2. The van der Waals surface area contributed by atoms with Crippen LogP contribution in [-0.2, 0) is 16.0 Å². The van der Waals surface area contributed by atoms with Crippen LogP contribution in [0, 0.1) is 0 Å². The molecule has 9 heteroatoms. The van der Waals surface area contributed by atoms with Crippen molar-refractivity contribution in [2.75, 3.05) is 11.9 Å². The van der Waals surface area contributed by atoms with Crippen LogP contribution in [0.5, 0.6) is 5.75 Å². The number of ether oxygens (including phenoxy) is 1. The number of hydrogen-bond acceptors (Lipinski definition) is 8. The average Bonchev–Trinajstić information content (AvgIpc) is 3.02. The Hall–Kier alpha value is -2.81. The van der Waals surface area contributed by atoms with E-state index >= 15 is 0 Å². The zero-order valence-corrected chi connectivity index (χ0v) is 13.8. The van der Waals surface area contributed by atoms with Gasteiger partial charge in [0.2, 0.25) is 5.91 Å². The highest BCUT2D eigenvalue weighted by molar-refractivity contribution is 7.07. The second-order valence-electron chi connectivity index (χ2n) is 4.81. The lowest BCUT2D eigenvalue weighted by atomic mass is 10.1. The maximum atomic E-state index is 12.1. The maximum absolute atomic E-state index is 12.1. The van der Waals surface area contributed by atoms with Crippen LogP contribution in [0.1, 0.15) is 39.6 Å². The number of nitrogens with zero attached hydrogens (tertiary/aromatic N) is 2. The average molecular weight is 349 g/mol. The van der Waals surface area contributed by atoms with E-state index in [1.807, 2.05) is 6.92 Å². The summed E-state index contributed by atoms with van der Waals surface area (Å²) in [5, 5.41) is 15.9. The Morgan fingerprint density at radius 3 is 2.75 bits per heavy atom. The molecule has 0 fully saturated rings. The Bertz CT molecular complexity index is 787. The molecule has 0 spiro atoms. The summed E-state index contributed by atoms with van der Waals surface area (Å²) < 4.78 is 8.67. The largest absolute Gasteiger partial charge is 0.506 e. The summed E-state index contributed by atoms with van der Waals surface area (Å²) in [7, 11) is 0. The SMILES string of the molecule is CCc1nnsc1C(=O)OCC(=O)c1ccc(O)c(NC(C)=O)c1. The Kier molecular flexibility index (Phi) is 5.59. The van der Waals surface area contributed by atoms with E-state index in [0.717, 1.165) is 11.5 Å². The Labute approximate surface area is 141 Å². The number of benzene rings is 1. The summed E-state index contributed by atoms with van der Waals surface area (Å²) in [4.78, 5) is 35.4. The number of phenols is 1. The number of carbonyl (C=O) groups excluding carboxylic acids is 3. The second kappa shape index (κ2) is 7.64. The van der Waals surface area contributed by atoms with E-state index in [9.17, 15) is 19.5 Å². The molecule has 0 aliphatic rings. The smallest absolute Gasteiger partial charge is 0.352 e. The number of anilines is 1. The molecule has 0 saturated heterocycles. The minimum atomic E-state index is -0.656. The monoisotopic (exact) mass is 349 g/mol. The highest BCUT2D eigenvalue weighted by Gasteiger charge is 2.18. The van der Waals surface area contributed by atoms with Gasteiger partial charge in [0.25, 0.3) is 0 Å². The van der Waals surface area contributed by atoms with Crippen molar-refractivity contribution in [1.29, 1.82) is 0 Å². The summed E-state index contributed by atoms with van der Waals surface area (Å²) in [5.41, 5.74) is 0.831. The number of phenolic OH excluding ortho intramolecular Hbond substituents is 1. The summed E-state index contributed by atoms with van der Waals surface area (Å²) >= 11 is 0.913. The number of nitrogens with one attached hydrogen (secondary N) is 1. The van der Waals surface area contributed by atoms with Gasteiger partial charge in [-0.05, 0) is 36.2 Å². The summed E-state index contributed by atoms with van der Waals surface area (Å²) in [6.07, 6.45) is 0.535. The van der Waals surface area contributed by atoms with E-state index in [2.05, 4.69) is 14.9 Å². The van der Waals surface area contributed by atoms with Crippen molar-refractivity contribution in [3.63, 3.8) is 0 Å². The van der Waals surface area contributed by atoms with Crippen molar-refractivity contribution in [2.45, 2.75) is 20.3 Å². The molecule has 1 aromatic heterocycles. The van der Waals surface area contributed by atoms with Crippen LogP contribution in [0.15, 0.2) is 18.2 Å². The van der Waals surface area contributed by atoms with Crippen molar-refractivity contribution in [1.82, 2.24) is 9.59 Å². The zero-order chi connectivity index (χ0) is 17.7. The Morgan fingerprint density at radius 1 is 1.33 bits per heavy atom. The van der Waals surface area contributed by atoms with E-state index in [1.165, 1.54) is 25.1 Å². The molecule has 2 rings (SSSR count). The molecule has 0 radical (unpaired) electrons. The molecule has 2 aromatic rings. The van der Waals surface area contributed by atoms with Gasteiger partial charge in [0.15, 0.2) is 17.3 Å². The fourth-order valence-electron chi connectivity index (χ4n) is 1.87. The van der Waals surface area contributed by atoms with Gasteiger partial charge in [-0.25, -0.2) is 4.79 Å². The van der Waals surface area contributed by atoms with Gasteiger partial charge in [0.1, 0.15) is 5.75 Å². The highest BCUT2D eigenvalue weighted by Crippen LogP contribution is 2.24. The number of Topliss-reactive ketones (excluding diaryl/α,β-unsaturated/α-hetero) is 1. The number of aromatic hydroxyl groups is 1. The van der Waals surface area contributed by atoms with Gasteiger partial charge < -0.3 is 15.2 Å². The van der Waals surface area contributed by atoms with Crippen LogP contribution in [0.3, 0.4) is 0 Å². The first kappa shape index (κ1) is 17.5. The number of aryl methyl sites for hydroxylation is 1. The van der Waals surface area contributed by atoms with Gasteiger partial charge in [-0.3, -0.25) is 9.59 Å². The van der Waals surface area contributed by atoms with Crippen LogP contribution in [0.4, 0.5) is 5.69 Å². The van der Waals surface area contributed by atoms with E-state index in [4.69, 9.17) is 4.74 Å². The van der Waals surface area contributed by atoms with E-state index in [0.29, 0.717) is 12.1 Å². The quantitative estimate of drug-likeness (QED) is 0.464. The molecule has 0 saturated carbocycles. The standard InChI is InChI=1S/C15H15N3O5S/c1-3-10-14(24-18-17-10)15(22)23-7-13(21)9-4-5-12(20)11(6-9)16-8(2)19/h4-6,20H,3,7H2,1-2H3,(H,16,19). The number of aromatic nitrogens is 2. The van der Waals surface area contributed by atoms with E-state index in [1.54, 1.807) is 0 Å². The Balaban J connectivity index is 2.05. The van der Waals surface area contributed by atoms with E-state index < -0.39 is 18.4 Å². The molecule has 2 N–H and O–H groups in total. The first-order chi connectivity index (χ1) is 11.4. The van der Waals surface area contributed by atoms with Crippen molar-refractivity contribution < 1.29 is 24.2 Å². The molecule has 0 bridgehead atoms. The van der Waals surface area contributed by atoms with Crippen LogP contribution in [0.2, 0.25) is 0 Å². The van der Waals surface area contributed by atoms with Crippen molar-refractivity contribution >= 4 is 34.9 Å². The minimum absolute atomic E-state index is 0.111. The number of ketones is 1. The first-order valence-electron chi connectivity index (χ1n) is 7.04. The van der Waals surface area contributed by atoms with Crippen LogP contribution in [-0.4, -0.2) is 39.0 Å². The fourth-order valence-corrected chi connectivity index (χ4v) is 2.52. The van der Waals surface area contributed by atoms with Crippen LogP contribution >= 0.6 is 11.5 Å². The van der Waals surface area contributed by atoms with Crippen molar-refractivity contribution in [3.8, 4) is 5.75 Å². The lowest BCUT2D eigenvalue weighted by Crippen LogP contribution is -2.15. The maximum Gasteiger partial charge on any atom is 0.352 e. The predicted molar refractivity (Wildman–Crippen MR) is 86.3 cm³/mol. The number of amides is 1. The Morgan fingerprint density at radius 2 is 2.08 bits per heavy atom. The number of esters is 1. The second-order valence-corrected chi connectivity index (χ2v) is 5.57. The van der Waals surface area contributed by atoms with Crippen molar-refractivity contribution in [2.24, 2.45) is 0 Å². The van der Waals surface area contributed by atoms with Gasteiger partial charge >= 0.3 is 5.97 Å². The number of rotatable bonds is 6. The van der Waals surface area contributed by atoms with Gasteiger partial charge in [0, 0.05) is 12.5 Å². The molecule has 0 atom stereocenters. The molecule has 8 nitrogen and oxygen atoms in total. The highest BCUT2D eigenvalue weighted by atomic mass is 32.1. The fraction of sp³-hybridized carbons (Fsp3) is 0.267. The molecular weight excluding hydrogens is 334 g/mol. The van der Waals surface area contributed by atoms with E-state index in [-0.39, 0.29) is 27.8 Å². The molecule has 1 amide bonds.